The van der Waals surface area contributed by atoms with Crippen LogP contribution in [0.1, 0.15) is 30.7 Å². The van der Waals surface area contributed by atoms with Crippen molar-refractivity contribution in [3.63, 3.8) is 0 Å². The largest absolute Gasteiger partial charge is 0.353 e. The highest BCUT2D eigenvalue weighted by Crippen LogP contribution is 2.33. The van der Waals surface area contributed by atoms with Crippen LogP contribution in [0.3, 0.4) is 0 Å². The van der Waals surface area contributed by atoms with Gasteiger partial charge in [-0.15, -0.1) is 0 Å². The molecule has 2 aromatic carbocycles. The van der Waals surface area contributed by atoms with Gasteiger partial charge >= 0.3 is 6.03 Å². The van der Waals surface area contributed by atoms with Crippen LogP contribution in [-0.4, -0.2) is 41.9 Å². The van der Waals surface area contributed by atoms with Crippen LogP contribution < -0.4 is 16.0 Å². The van der Waals surface area contributed by atoms with Gasteiger partial charge in [-0.05, 0) is 42.7 Å². The SMILES string of the molecule is O=C1CC(C(=O)NC2CCN(C(=O)Nc3ccccc3)CC2)c2ccc(F)cc2N1. The molecule has 30 heavy (non-hydrogen) atoms. The van der Waals surface area contributed by atoms with Crippen LogP contribution in [0.4, 0.5) is 20.6 Å². The zero-order valence-corrected chi connectivity index (χ0v) is 16.4. The third kappa shape index (κ3) is 4.42. The minimum absolute atomic E-state index is 0.0305. The third-order valence-electron chi connectivity index (χ3n) is 5.52. The van der Waals surface area contributed by atoms with E-state index >= 15 is 0 Å². The molecule has 2 aliphatic rings. The second-order valence-corrected chi connectivity index (χ2v) is 7.60. The van der Waals surface area contributed by atoms with E-state index in [9.17, 15) is 18.8 Å². The van der Waals surface area contributed by atoms with Crippen molar-refractivity contribution < 1.29 is 18.8 Å². The molecule has 0 radical (unpaired) electrons. The van der Waals surface area contributed by atoms with Crippen LogP contribution in [0.5, 0.6) is 0 Å². The minimum Gasteiger partial charge on any atom is -0.353 e. The van der Waals surface area contributed by atoms with Crippen LogP contribution in [0.25, 0.3) is 0 Å². The van der Waals surface area contributed by atoms with E-state index in [0.29, 0.717) is 37.2 Å². The van der Waals surface area contributed by atoms with E-state index in [0.717, 1.165) is 5.69 Å². The van der Waals surface area contributed by atoms with Crippen LogP contribution in [0.15, 0.2) is 48.5 Å². The lowest BCUT2D eigenvalue weighted by Crippen LogP contribution is -2.49. The molecule has 2 aromatic rings. The Bertz CT molecular complexity index is 958. The maximum Gasteiger partial charge on any atom is 0.321 e. The minimum atomic E-state index is -0.645. The Kier molecular flexibility index (Phi) is 5.65. The molecule has 2 aliphatic heterocycles. The monoisotopic (exact) mass is 410 g/mol. The number of nitrogens with one attached hydrogen (secondary N) is 3. The number of carbonyl (C=O) groups excluding carboxylic acids is 3. The summed E-state index contributed by atoms with van der Waals surface area (Å²) < 4.78 is 13.5. The maximum atomic E-state index is 13.5. The highest BCUT2D eigenvalue weighted by atomic mass is 19.1. The number of urea groups is 1. The lowest BCUT2D eigenvalue weighted by Gasteiger charge is -2.33. The van der Waals surface area contributed by atoms with Gasteiger partial charge in [-0.1, -0.05) is 24.3 Å². The predicted molar refractivity (Wildman–Crippen MR) is 111 cm³/mol. The van der Waals surface area contributed by atoms with Crippen molar-refractivity contribution in [3.8, 4) is 0 Å². The molecule has 3 N–H and O–H groups in total. The smallest absolute Gasteiger partial charge is 0.321 e. The maximum absolute atomic E-state index is 13.5. The van der Waals surface area contributed by atoms with E-state index in [2.05, 4.69) is 16.0 Å². The first-order valence-electron chi connectivity index (χ1n) is 10.0. The molecule has 1 atom stereocenters. The average Bonchev–Trinajstić information content (AvgIpc) is 2.74. The van der Waals surface area contributed by atoms with Crippen molar-refractivity contribution in [2.24, 2.45) is 0 Å². The average molecular weight is 410 g/mol. The number of hydrogen-bond acceptors (Lipinski definition) is 3. The summed E-state index contributed by atoms with van der Waals surface area (Å²) in [6.07, 6.45) is 1.29. The van der Waals surface area contributed by atoms with E-state index in [1.165, 1.54) is 12.1 Å². The Hall–Kier alpha value is -3.42. The molecule has 7 nitrogen and oxygen atoms in total. The van der Waals surface area contributed by atoms with Gasteiger partial charge in [-0.3, -0.25) is 9.59 Å². The first kappa shape index (κ1) is 19.9. The number of carbonyl (C=O) groups is 3. The molecule has 1 fully saturated rings. The zero-order chi connectivity index (χ0) is 21.1. The molecule has 4 rings (SSSR count). The zero-order valence-electron chi connectivity index (χ0n) is 16.4. The Balaban J connectivity index is 1.33. The molecular formula is C22H23FN4O3. The highest BCUT2D eigenvalue weighted by molar-refractivity contribution is 6.01. The number of para-hydroxylation sites is 1. The molecule has 0 aromatic heterocycles. The summed E-state index contributed by atoms with van der Waals surface area (Å²) in [5.74, 6) is -1.66. The number of piperidine rings is 1. The third-order valence-corrected chi connectivity index (χ3v) is 5.52. The van der Waals surface area contributed by atoms with E-state index in [1.807, 2.05) is 30.3 Å². The first-order valence-corrected chi connectivity index (χ1v) is 10.0. The molecule has 0 spiro atoms. The molecule has 8 heteroatoms. The van der Waals surface area contributed by atoms with Crippen molar-refractivity contribution in [2.45, 2.75) is 31.2 Å². The lowest BCUT2D eigenvalue weighted by atomic mass is 9.89. The fraction of sp³-hybridized carbons (Fsp3) is 0.318. The van der Waals surface area contributed by atoms with Crippen LogP contribution >= 0.6 is 0 Å². The molecule has 1 unspecified atom stereocenters. The number of anilines is 2. The van der Waals surface area contributed by atoms with Gasteiger partial charge in [0.15, 0.2) is 0 Å². The van der Waals surface area contributed by atoms with E-state index in [4.69, 9.17) is 0 Å². The molecule has 2 heterocycles. The Morgan fingerprint density at radius 1 is 1.07 bits per heavy atom. The molecule has 4 amide bonds. The first-order chi connectivity index (χ1) is 14.5. The second-order valence-electron chi connectivity index (χ2n) is 7.60. The van der Waals surface area contributed by atoms with Crippen molar-refractivity contribution in [3.05, 3.63) is 59.9 Å². The standard InChI is InChI=1S/C22H23FN4O3/c23-14-6-7-17-18(13-20(28)26-19(17)12-14)21(29)24-16-8-10-27(11-9-16)22(30)25-15-4-2-1-3-5-15/h1-7,12,16,18H,8-11,13H2,(H,24,29)(H,25,30)(H,26,28). The van der Waals surface area contributed by atoms with Gasteiger partial charge in [0.25, 0.3) is 0 Å². The van der Waals surface area contributed by atoms with Crippen LogP contribution in [-0.2, 0) is 9.59 Å². The number of rotatable bonds is 3. The fourth-order valence-electron chi connectivity index (χ4n) is 3.92. The predicted octanol–water partition coefficient (Wildman–Crippen LogP) is 3.06. The number of likely N-dealkylation sites (tertiary alicyclic amines) is 1. The van der Waals surface area contributed by atoms with Crippen molar-refractivity contribution >= 4 is 29.2 Å². The van der Waals surface area contributed by atoms with Gasteiger partial charge in [-0.25, -0.2) is 9.18 Å². The van der Waals surface area contributed by atoms with Crippen LogP contribution in [0, 0.1) is 5.82 Å². The number of fused-ring (bicyclic) bond motifs is 1. The molecule has 0 bridgehead atoms. The normalized spacial score (nSPS) is 18.9. The molecule has 0 saturated carbocycles. The summed E-state index contributed by atoms with van der Waals surface area (Å²) in [7, 11) is 0. The number of hydrogen-bond donors (Lipinski definition) is 3. The summed E-state index contributed by atoms with van der Waals surface area (Å²) in [5.41, 5.74) is 1.70. The van der Waals surface area contributed by atoms with Crippen molar-refractivity contribution in [1.29, 1.82) is 0 Å². The molecule has 0 aliphatic carbocycles. The number of amides is 4. The van der Waals surface area contributed by atoms with Gasteiger partial charge in [0, 0.05) is 36.9 Å². The van der Waals surface area contributed by atoms with E-state index < -0.39 is 11.7 Å². The van der Waals surface area contributed by atoms with Gasteiger partial charge in [-0.2, -0.15) is 0 Å². The summed E-state index contributed by atoms with van der Waals surface area (Å²) in [6, 6.07) is 13.1. The topological polar surface area (TPSA) is 90.5 Å². The molecule has 156 valence electrons. The van der Waals surface area contributed by atoms with E-state index in [1.54, 1.807) is 11.0 Å². The lowest BCUT2D eigenvalue weighted by molar-refractivity contribution is -0.127. The summed E-state index contributed by atoms with van der Waals surface area (Å²) >= 11 is 0. The van der Waals surface area contributed by atoms with Crippen molar-refractivity contribution in [2.75, 3.05) is 23.7 Å². The summed E-state index contributed by atoms with van der Waals surface area (Å²) in [6.45, 7) is 1.05. The molecule has 1 saturated heterocycles. The Morgan fingerprint density at radius 3 is 2.53 bits per heavy atom. The highest BCUT2D eigenvalue weighted by Gasteiger charge is 2.33. The quantitative estimate of drug-likeness (QED) is 0.726. The fourth-order valence-corrected chi connectivity index (χ4v) is 3.92. The van der Waals surface area contributed by atoms with Gasteiger partial charge in [0.2, 0.25) is 11.8 Å². The van der Waals surface area contributed by atoms with Gasteiger partial charge in [0.1, 0.15) is 5.82 Å². The second kappa shape index (κ2) is 8.52. The van der Waals surface area contributed by atoms with Gasteiger partial charge in [0.05, 0.1) is 5.92 Å². The Labute approximate surface area is 173 Å². The van der Waals surface area contributed by atoms with Crippen molar-refractivity contribution in [1.82, 2.24) is 10.2 Å². The number of nitrogens with zero attached hydrogens (tertiary/aromatic N) is 1. The Morgan fingerprint density at radius 2 is 1.80 bits per heavy atom. The molecular weight excluding hydrogens is 387 g/mol. The van der Waals surface area contributed by atoms with Gasteiger partial charge < -0.3 is 20.9 Å². The summed E-state index contributed by atoms with van der Waals surface area (Å²) in [5, 5.41) is 8.48. The van der Waals surface area contributed by atoms with E-state index in [-0.39, 0.29) is 30.3 Å². The number of halogens is 1. The summed E-state index contributed by atoms with van der Waals surface area (Å²) in [4.78, 5) is 38.9. The van der Waals surface area contributed by atoms with Crippen LogP contribution in [0.2, 0.25) is 0 Å². The number of benzene rings is 2.